The molecular formula is C18H17F2NO6S. The monoisotopic (exact) mass is 413 g/mol. The van der Waals surface area contributed by atoms with Crippen molar-refractivity contribution in [3.8, 4) is 5.75 Å². The van der Waals surface area contributed by atoms with Crippen LogP contribution in [-0.4, -0.2) is 39.1 Å². The zero-order chi connectivity index (χ0) is 20.9. The molecule has 0 bridgehead atoms. The first-order valence-corrected chi connectivity index (χ1v) is 9.82. The highest BCUT2D eigenvalue weighted by Crippen LogP contribution is 2.17. The summed E-state index contributed by atoms with van der Waals surface area (Å²) < 4.78 is 58.1. The van der Waals surface area contributed by atoms with E-state index in [0.29, 0.717) is 0 Å². The number of hydrogen-bond acceptors (Lipinski definition) is 6. The molecule has 0 spiro atoms. The number of ketones is 1. The molecule has 0 aromatic heterocycles. The lowest BCUT2D eigenvalue weighted by atomic mass is 10.1. The first-order chi connectivity index (χ1) is 13.0. The Morgan fingerprint density at radius 2 is 1.50 bits per heavy atom. The third-order valence-electron chi connectivity index (χ3n) is 3.44. The highest BCUT2D eigenvalue weighted by Gasteiger charge is 2.20. The van der Waals surface area contributed by atoms with Crippen LogP contribution in [-0.2, 0) is 14.8 Å². The van der Waals surface area contributed by atoms with Crippen molar-refractivity contribution in [1.29, 1.82) is 0 Å². The van der Waals surface area contributed by atoms with Crippen molar-refractivity contribution in [3.05, 3.63) is 59.7 Å². The predicted molar refractivity (Wildman–Crippen MR) is 97.2 cm³/mol. The predicted octanol–water partition coefficient (Wildman–Crippen LogP) is 3.09. The average molecular weight is 413 g/mol. The van der Waals surface area contributed by atoms with Crippen LogP contribution in [0.3, 0.4) is 0 Å². The van der Waals surface area contributed by atoms with Gasteiger partial charge in [0, 0.05) is 11.3 Å². The minimum atomic E-state index is -3.44. The van der Waals surface area contributed by atoms with Crippen molar-refractivity contribution in [3.63, 3.8) is 0 Å². The molecule has 0 saturated carbocycles. The fourth-order valence-corrected chi connectivity index (χ4v) is 2.77. The van der Waals surface area contributed by atoms with Gasteiger partial charge in [0.2, 0.25) is 15.8 Å². The number of esters is 1. The smallest absolute Gasteiger partial charge is 0.387 e. The summed E-state index contributed by atoms with van der Waals surface area (Å²) in [6.07, 6.45) is -0.113. The molecule has 0 aliphatic heterocycles. The van der Waals surface area contributed by atoms with Crippen LogP contribution in [0, 0.1) is 0 Å². The summed E-state index contributed by atoms with van der Waals surface area (Å²) in [5, 5.41) is 0. The summed E-state index contributed by atoms with van der Waals surface area (Å²) in [5.74, 6) is -1.41. The number of anilines is 1. The molecule has 2 aromatic carbocycles. The summed E-state index contributed by atoms with van der Waals surface area (Å²) in [6, 6.07) is 10.5. The lowest BCUT2D eigenvalue weighted by Gasteiger charge is -2.13. The number of nitrogens with one attached hydrogen (secondary N) is 1. The van der Waals surface area contributed by atoms with E-state index < -0.39 is 34.5 Å². The highest BCUT2D eigenvalue weighted by molar-refractivity contribution is 7.92. The van der Waals surface area contributed by atoms with Gasteiger partial charge in [-0.2, -0.15) is 8.78 Å². The van der Waals surface area contributed by atoms with Crippen molar-refractivity contribution in [1.82, 2.24) is 0 Å². The normalized spacial score (nSPS) is 12.3. The van der Waals surface area contributed by atoms with Crippen LogP contribution in [0.4, 0.5) is 14.5 Å². The minimum absolute atomic E-state index is 0.0639. The standard InChI is InChI=1S/C18H17F2NO6S/c1-11(16(22)12-3-7-14(8-4-12)21-28(2,24)25)26-17(23)13-5-9-15(10-6-13)27-18(19)20/h3-11,18,21H,1-2H3/t11-/m1/s1. The molecule has 10 heteroatoms. The number of benzene rings is 2. The van der Waals surface area contributed by atoms with Gasteiger partial charge in [-0.3, -0.25) is 9.52 Å². The maximum atomic E-state index is 12.4. The van der Waals surface area contributed by atoms with Gasteiger partial charge in [0.05, 0.1) is 11.8 Å². The second-order valence-electron chi connectivity index (χ2n) is 5.77. The number of hydrogen-bond donors (Lipinski definition) is 1. The number of rotatable bonds is 8. The molecule has 28 heavy (non-hydrogen) atoms. The Labute approximate surface area is 160 Å². The molecule has 2 aromatic rings. The Bertz CT molecular complexity index is 943. The second-order valence-corrected chi connectivity index (χ2v) is 7.51. The van der Waals surface area contributed by atoms with Crippen LogP contribution in [0.5, 0.6) is 5.75 Å². The van der Waals surface area contributed by atoms with Gasteiger partial charge in [-0.05, 0) is 55.5 Å². The molecule has 150 valence electrons. The van der Waals surface area contributed by atoms with E-state index in [1.54, 1.807) is 0 Å². The Hall–Kier alpha value is -3.01. The summed E-state index contributed by atoms with van der Waals surface area (Å²) in [7, 11) is -3.44. The number of ether oxygens (including phenoxy) is 2. The molecule has 0 fully saturated rings. The Kier molecular flexibility index (Phi) is 6.68. The van der Waals surface area contributed by atoms with Gasteiger partial charge >= 0.3 is 12.6 Å². The minimum Gasteiger partial charge on any atom is -0.451 e. The zero-order valence-corrected chi connectivity index (χ0v) is 15.7. The number of carbonyl (C=O) groups is 2. The molecule has 1 N–H and O–H groups in total. The number of alkyl halides is 2. The maximum Gasteiger partial charge on any atom is 0.387 e. The van der Waals surface area contributed by atoms with E-state index in [1.165, 1.54) is 55.5 Å². The Morgan fingerprint density at radius 3 is 2.00 bits per heavy atom. The molecule has 0 aliphatic rings. The number of carbonyl (C=O) groups excluding carboxylic acids is 2. The first kappa shape index (κ1) is 21.3. The van der Waals surface area contributed by atoms with Crippen LogP contribution in [0.15, 0.2) is 48.5 Å². The number of halogens is 2. The summed E-state index contributed by atoms with van der Waals surface area (Å²) in [6.45, 7) is -1.59. The first-order valence-electron chi connectivity index (χ1n) is 7.93. The molecular weight excluding hydrogens is 396 g/mol. The van der Waals surface area contributed by atoms with E-state index in [9.17, 15) is 26.8 Å². The third kappa shape index (κ3) is 6.31. The van der Waals surface area contributed by atoms with E-state index >= 15 is 0 Å². The van der Waals surface area contributed by atoms with E-state index in [-0.39, 0.29) is 22.6 Å². The van der Waals surface area contributed by atoms with Gasteiger partial charge < -0.3 is 9.47 Å². The average Bonchev–Trinajstić information content (AvgIpc) is 2.60. The van der Waals surface area contributed by atoms with Gasteiger partial charge in [0.1, 0.15) is 5.75 Å². The lowest BCUT2D eigenvalue weighted by Crippen LogP contribution is -2.24. The van der Waals surface area contributed by atoms with Gasteiger partial charge in [-0.1, -0.05) is 0 Å². The largest absolute Gasteiger partial charge is 0.451 e. The number of sulfonamides is 1. The molecule has 0 amide bonds. The topological polar surface area (TPSA) is 98.8 Å². The van der Waals surface area contributed by atoms with Gasteiger partial charge in [0.25, 0.3) is 0 Å². The van der Waals surface area contributed by atoms with Crippen molar-refractivity contribution < 1.29 is 36.3 Å². The summed E-state index contributed by atoms with van der Waals surface area (Å²) in [5.41, 5.74) is 0.573. The van der Waals surface area contributed by atoms with Crippen molar-refractivity contribution >= 4 is 27.5 Å². The SMILES string of the molecule is C[C@@H](OC(=O)c1ccc(OC(F)F)cc1)C(=O)c1ccc(NS(C)(=O)=O)cc1. The zero-order valence-electron chi connectivity index (χ0n) is 14.9. The molecule has 0 saturated heterocycles. The quantitative estimate of drug-likeness (QED) is 0.528. The Morgan fingerprint density at radius 1 is 0.964 bits per heavy atom. The molecule has 0 radical (unpaired) electrons. The molecule has 2 rings (SSSR count). The fourth-order valence-electron chi connectivity index (χ4n) is 2.21. The van der Waals surface area contributed by atoms with Gasteiger partial charge in [-0.25, -0.2) is 13.2 Å². The molecule has 0 heterocycles. The second kappa shape index (κ2) is 8.79. The fraction of sp³-hybridized carbons (Fsp3) is 0.222. The Balaban J connectivity index is 2.00. The summed E-state index contributed by atoms with van der Waals surface area (Å²) in [4.78, 5) is 24.5. The third-order valence-corrected chi connectivity index (χ3v) is 4.05. The van der Waals surface area contributed by atoms with E-state index in [0.717, 1.165) is 6.26 Å². The lowest BCUT2D eigenvalue weighted by molar-refractivity contribution is -0.0498. The van der Waals surface area contributed by atoms with Crippen LogP contribution < -0.4 is 9.46 Å². The van der Waals surface area contributed by atoms with E-state index in [4.69, 9.17) is 4.74 Å². The molecule has 7 nitrogen and oxygen atoms in total. The van der Waals surface area contributed by atoms with Crippen molar-refractivity contribution in [2.24, 2.45) is 0 Å². The van der Waals surface area contributed by atoms with Crippen LogP contribution in [0.1, 0.15) is 27.6 Å². The van der Waals surface area contributed by atoms with Gasteiger partial charge in [-0.15, -0.1) is 0 Å². The maximum absolute atomic E-state index is 12.4. The van der Waals surface area contributed by atoms with Gasteiger partial charge in [0.15, 0.2) is 6.10 Å². The number of Topliss-reactive ketones (excluding diaryl/α,β-unsaturated/α-hetero) is 1. The van der Waals surface area contributed by atoms with Crippen LogP contribution in [0.25, 0.3) is 0 Å². The van der Waals surface area contributed by atoms with Crippen molar-refractivity contribution in [2.75, 3.05) is 11.0 Å². The molecule has 0 aliphatic carbocycles. The van der Waals surface area contributed by atoms with Crippen LogP contribution >= 0.6 is 0 Å². The highest BCUT2D eigenvalue weighted by atomic mass is 32.2. The molecule has 1 atom stereocenters. The molecule has 0 unspecified atom stereocenters. The van der Waals surface area contributed by atoms with E-state index in [1.807, 2.05) is 0 Å². The van der Waals surface area contributed by atoms with Crippen LogP contribution in [0.2, 0.25) is 0 Å². The summed E-state index contributed by atoms with van der Waals surface area (Å²) >= 11 is 0. The van der Waals surface area contributed by atoms with E-state index in [2.05, 4.69) is 9.46 Å². The van der Waals surface area contributed by atoms with Crippen molar-refractivity contribution in [2.45, 2.75) is 19.6 Å².